The van der Waals surface area contributed by atoms with Crippen molar-refractivity contribution >= 4 is 44.6 Å². The van der Waals surface area contributed by atoms with Crippen LogP contribution < -0.4 is 10.7 Å². The van der Waals surface area contributed by atoms with Crippen molar-refractivity contribution in [2.75, 3.05) is 46.2 Å². The molecule has 4 aromatic rings. The number of pyridine rings is 1. The quantitative estimate of drug-likeness (QED) is 0.141. The van der Waals surface area contributed by atoms with E-state index >= 15 is 0 Å². The van der Waals surface area contributed by atoms with Gasteiger partial charge in [0.15, 0.2) is 0 Å². The minimum atomic E-state index is -3.39. The summed E-state index contributed by atoms with van der Waals surface area (Å²) in [6.07, 6.45) is 3.53. The predicted octanol–water partition coefficient (Wildman–Crippen LogP) is 6.00. The summed E-state index contributed by atoms with van der Waals surface area (Å²) in [6.45, 7) is 15.1. The Morgan fingerprint density at radius 2 is 1.82 bits per heavy atom. The van der Waals surface area contributed by atoms with E-state index in [-0.39, 0.29) is 67.9 Å². The number of nitrogens with one attached hydrogen (secondary N) is 2. The number of phenols is 1. The van der Waals surface area contributed by atoms with Crippen molar-refractivity contribution in [1.82, 2.24) is 34.5 Å². The van der Waals surface area contributed by atoms with Gasteiger partial charge in [-0.1, -0.05) is 39.8 Å². The molecule has 7 rings (SSSR count). The normalized spacial score (nSPS) is 21.3. The van der Waals surface area contributed by atoms with E-state index in [0.29, 0.717) is 49.9 Å². The molecule has 0 saturated carbocycles. The summed E-state index contributed by atoms with van der Waals surface area (Å²) in [5.74, 6) is -2.42. The van der Waals surface area contributed by atoms with E-state index in [1.807, 2.05) is 39.0 Å². The topological polar surface area (TPSA) is 193 Å². The number of hydrazine groups is 1. The van der Waals surface area contributed by atoms with Gasteiger partial charge in [-0.15, -0.1) is 0 Å². The first-order valence-electron chi connectivity index (χ1n) is 24.0. The van der Waals surface area contributed by atoms with Gasteiger partial charge in [-0.2, -0.15) is 0 Å². The number of fused-ring (bicyclic) bond motifs is 6. The number of amides is 3. The number of nitrogens with zero attached hydrogens (tertiary/aromatic N) is 5. The van der Waals surface area contributed by atoms with Crippen molar-refractivity contribution in [2.24, 2.45) is 17.3 Å². The number of aromatic nitrogens is 2. The molecule has 5 atom stereocenters. The molecule has 3 aliphatic rings. The molecule has 16 nitrogen and oxygen atoms in total. The molecule has 0 radical (unpaired) electrons. The van der Waals surface area contributed by atoms with E-state index in [1.54, 1.807) is 39.4 Å². The minimum Gasteiger partial charge on any atom is -0.508 e. The molecule has 0 aliphatic carbocycles. The Bertz CT molecular complexity index is 2650. The molecule has 2 aromatic heterocycles. The first-order chi connectivity index (χ1) is 32.2. The number of phenolic OH excluding ortho intramolecular Hbond substituents is 1. The second-order valence-electron chi connectivity index (χ2n) is 19.8. The molecule has 0 spiro atoms. The van der Waals surface area contributed by atoms with Gasteiger partial charge in [0.1, 0.15) is 23.9 Å². The number of sulfonamides is 1. The average molecular weight is 956 g/mol. The zero-order chi connectivity index (χ0) is 49.2. The van der Waals surface area contributed by atoms with Crippen LogP contribution in [-0.4, -0.2) is 125 Å². The molecule has 3 N–H and O–H groups in total. The Morgan fingerprint density at radius 3 is 2.53 bits per heavy atom. The number of rotatable bonds is 12. The van der Waals surface area contributed by atoms with Gasteiger partial charge in [-0.25, -0.2) is 18.1 Å². The van der Waals surface area contributed by atoms with E-state index in [4.69, 9.17) is 14.5 Å². The largest absolute Gasteiger partial charge is 0.508 e. The molecule has 368 valence electrons. The molecule has 2 aromatic carbocycles. The Hall–Kier alpha value is -5.36. The van der Waals surface area contributed by atoms with Crippen molar-refractivity contribution in [3.63, 3.8) is 0 Å². The third-order valence-electron chi connectivity index (χ3n) is 13.9. The highest BCUT2D eigenvalue weighted by Gasteiger charge is 2.39. The Labute approximate surface area is 400 Å². The van der Waals surface area contributed by atoms with Gasteiger partial charge in [0.2, 0.25) is 21.8 Å². The molecule has 3 amide bonds. The monoisotopic (exact) mass is 955 g/mol. The number of aryl methyl sites for hydroxylation is 1. The number of esters is 1. The number of ether oxygens (including phenoxy) is 2. The van der Waals surface area contributed by atoms with Crippen molar-refractivity contribution in [3.8, 4) is 28.1 Å². The molecular formula is C51H69N7O9S. The smallest absolute Gasteiger partial charge is 0.324 e. The number of aromatic hydroxyl groups is 1. The standard InChI is InChI=1S/C51H69N7O9S/c1-10-57-43-17-16-35-27-39(43)40(47(57)38-14-12-19-52-45(38)32(5)66-9)28-51(6,7)30-67-50(63)41-15-13-20-58(54-41)49(62)42(24-34-22-36(35)26-37(59)23-34)53-48(61)46(31(3)4)55(8)44(60)25-33-18-21-56(29-33)68(64,65)11-2/h12,14,16-17,19,22-23,26-27,31-33,41-42,46,54,59H,10-11,13,15,18,20-21,24-25,28-30H2,1-9H3,(H,53,61)/t32-,33+,41-,42-,46?/m0/s1. The van der Waals surface area contributed by atoms with Gasteiger partial charge in [0.05, 0.1) is 29.9 Å². The van der Waals surface area contributed by atoms with E-state index in [0.717, 1.165) is 39.0 Å². The molecule has 2 saturated heterocycles. The Balaban J connectivity index is 1.28. The maximum absolute atomic E-state index is 14.7. The van der Waals surface area contributed by atoms with Crippen LogP contribution in [0.4, 0.5) is 0 Å². The fraction of sp³-hybridized carbons (Fsp3) is 0.549. The summed E-state index contributed by atoms with van der Waals surface area (Å²) >= 11 is 0. The predicted molar refractivity (Wildman–Crippen MR) is 260 cm³/mol. The number of carbonyl (C=O) groups excluding carboxylic acids is 4. The third-order valence-corrected chi connectivity index (χ3v) is 15.7. The van der Waals surface area contributed by atoms with Crippen LogP contribution in [0.15, 0.2) is 54.7 Å². The van der Waals surface area contributed by atoms with Gasteiger partial charge < -0.3 is 29.4 Å². The lowest BCUT2D eigenvalue weighted by atomic mass is 9.84. The van der Waals surface area contributed by atoms with Crippen LogP contribution in [0.5, 0.6) is 5.75 Å². The minimum absolute atomic E-state index is 0.0162. The van der Waals surface area contributed by atoms with Crippen LogP contribution in [0.3, 0.4) is 0 Å². The van der Waals surface area contributed by atoms with E-state index in [2.05, 4.69) is 54.3 Å². The zero-order valence-electron chi connectivity index (χ0n) is 41.0. The summed E-state index contributed by atoms with van der Waals surface area (Å²) in [5.41, 5.74) is 9.46. The first-order valence-corrected chi connectivity index (χ1v) is 25.6. The SMILES string of the molecule is CCn1c(-c2cccnc2[C@H](C)OC)c2c3cc(ccc31)-c1cc(O)cc(c1)C[C@H](NC(=O)C(C(C)C)N(C)C(=O)C[C@H]1CCN(S(=O)(=O)CC)C1)C(=O)N1CCC[C@H](N1)C(=O)OCC(C)(C)C2. The summed E-state index contributed by atoms with van der Waals surface area (Å²) in [5, 5.41) is 16.7. The summed E-state index contributed by atoms with van der Waals surface area (Å²) < 4.78 is 40.7. The second-order valence-corrected chi connectivity index (χ2v) is 22.1. The lowest BCUT2D eigenvalue weighted by Crippen LogP contribution is -2.62. The van der Waals surface area contributed by atoms with Gasteiger partial charge in [0.25, 0.3) is 5.91 Å². The van der Waals surface area contributed by atoms with Gasteiger partial charge in [-0.3, -0.25) is 29.2 Å². The maximum atomic E-state index is 14.7. The van der Waals surface area contributed by atoms with Crippen LogP contribution >= 0.6 is 0 Å². The van der Waals surface area contributed by atoms with E-state index in [9.17, 15) is 32.7 Å². The highest BCUT2D eigenvalue weighted by atomic mass is 32.2. The van der Waals surface area contributed by atoms with Crippen molar-refractivity contribution in [2.45, 2.75) is 118 Å². The van der Waals surface area contributed by atoms with Crippen LogP contribution in [0, 0.1) is 17.3 Å². The summed E-state index contributed by atoms with van der Waals surface area (Å²) in [7, 11) is -0.162. The summed E-state index contributed by atoms with van der Waals surface area (Å²) in [4.78, 5) is 63.2. The number of hydrogen-bond acceptors (Lipinski definition) is 11. The molecule has 3 aliphatic heterocycles. The van der Waals surface area contributed by atoms with Crippen LogP contribution in [-0.2, 0) is 58.1 Å². The van der Waals surface area contributed by atoms with Crippen molar-refractivity contribution in [1.29, 1.82) is 0 Å². The van der Waals surface area contributed by atoms with Crippen LogP contribution in [0.1, 0.15) is 97.1 Å². The molecular weight excluding hydrogens is 887 g/mol. The third kappa shape index (κ3) is 10.8. The molecule has 17 heteroatoms. The molecule has 1 unspecified atom stereocenters. The van der Waals surface area contributed by atoms with Gasteiger partial charge in [-0.05, 0) is 117 Å². The lowest BCUT2D eigenvalue weighted by Gasteiger charge is -2.37. The van der Waals surface area contributed by atoms with Crippen LogP contribution in [0.2, 0.25) is 0 Å². The lowest BCUT2D eigenvalue weighted by molar-refractivity contribution is -0.155. The Morgan fingerprint density at radius 1 is 1.06 bits per heavy atom. The van der Waals surface area contributed by atoms with Crippen LogP contribution in [0.25, 0.3) is 33.3 Å². The number of likely N-dealkylation sites (N-methyl/N-ethyl adjacent to an activating group) is 1. The molecule has 6 bridgehead atoms. The molecule has 68 heavy (non-hydrogen) atoms. The second kappa shape index (κ2) is 20.7. The van der Waals surface area contributed by atoms with Crippen molar-refractivity contribution < 1.29 is 42.2 Å². The Kier molecular flexibility index (Phi) is 15.4. The number of carbonyl (C=O) groups is 4. The number of benzene rings is 2. The summed E-state index contributed by atoms with van der Waals surface area (Å²) in [6, 6.07) is 12.4. The van der Waals surface area contributed by atoms with Gasteiger partial charge in [0, 0.05) is 81.3 Å². The fourth-order valence-electron chi connectivity index (χ4n) is 10.2. The average Bonchev–Trinajstić information content (AvgIpc) is 3.91. The van der Waals surface area contributed by atoms with E-state index < -0.39 is 51.3 Å². The fourth-order valence-corrected chi connectivity index (χ4v) is 11.4. The highest BCUT2D eigenvalue weighted by molar-refractivity contribution is 7.89. The molecule has 2 fully saturated rings. The number of cyclic esters (lactones) is 1. The van der Waals surface area contributed by atoms with Crippen molar-refractivity contribution in [3.05, 3.63) is 71.5 Å². The number of hydrogen-bond donors (Lipinski definition) is 3. The van der Waals surface area contributed by atoms with E-state index in [1.165, 1.54) is 14.2 Å². The molecule has 5 heterocycles. The number of methoxy groups -OCH3 is 1. The first kappa shape index (κ1) is 50.5. The zero-order valence-corrected chi connectivity index (χ0v) is 41.8. The highest BCUT2D eigenvalue weighted by Crippen LogP contribution is 2.42. The maximum Gasteiger partial charge on any atom is 0.324 e. The van der Waals surface area contributed by atoms with Gasteiger partial charge >= 0.3 is 5.97 Å².